The lowest BCUT2D eigenvalue weighted by molar-refractivity contribution is -0.114. The third-order valence-electron chi connectivity index (χ3n) is 3.60. The highest BCUT2D eigenvalue weighted by Crippen LogP contribution is 2.31. The molecule has 3 rings (SSSR count). The first-order valence-corrected chi connectivity index (χ1v) is 8.23. The molecule has 0 unspecified atom stereocenters. The van der Waals surface area contributed by atoms with E-state index in [0.717, 1.165) is 4.88 Å². The second-order valence-corrected chi connectivity index (χ2v) is 6.70. The molecule has 0 radical (unpaired) electrons. The molecule has 8 heteroatoms. The number of thiophene rings is 1. The van der Waals surface area contributed by atoms with Crippen LogP contribution in [0.25, 0.3) is 0 Å². The molecule has 0 saturated carbocycles. The number of ether oxygens (including phenoxy) is 1. The van der Waals surface area contributed by atoms with Gasteiger partial charge in [0.25, 0.3) is 0 Å². The molecule has 2 heterocycles. The van der Waals surface area contributed by atoms with Crippen molar-refractivity contribution in [1.82, 2.24) is 4.90 Å². The van der Waals surface area contributed by atoms with E-state index in [0.29, 0.717) is 22.9 Å². The summed E-state index contributed by atoms with van der Waals surface area (Å²) in [4.78, 5) is 13.9. The van der Waals surface area contributed by atoms with Crippen LogP contribution in [-0.4, -0.2) is 16.6 Å². The average molecular weight is 360 g/mol. The van der Waals surface area contributed by atoms with E-state index in [9.17, 15) is 9.18 Å². The maximum absolute atomic E-state index is 12.9. The number of halogens is 1. The predicted molar refractivity (Wildman–Crippen MR) is 93.9 cm³/mol. The first-order valence-electron chi connectivity index (χ1n) is 7.41. The van der Waals surface area contributed by atoms with Crippen molar-refractivity contribution in [3.05, 3.63) is 71.0 Å². The van der Waals surface area contributed by atoms with Crippen molar-refractivity contribution >= 4 is 17.2 Å². The second kappa shape index (κ2) is 6.67. The number of nitrogens with zero attached hydrogens (tertiary/aromatic N) is 1. The van der Waals surface area contributed by atoms with Crippen LogP contribution in [-0.2, 0) is 11.3 Å². The molecule has 2 aromatic rings. The van der Waals surface area contributed by atoms with Gasteiger partial charge in [-0.2, -0.15) is 0 Å². The van der Waals surface area contributed by atoms with Crippen LogP contribution in [0.4, 0.5) is 4.39 Å². The molecular weight excluding hydrogens is 343 g/mol. The second-order valence-electron chi connectivity index (χ2n) is 5.57. The lowest BCUT2D eigenvalue weighted by Crippen LogP contribution is -2.60. The third kappa shape index (κ3) is 4.05. The summed E-state index contributed by atoms with van der Waals surface area (Å²) in [5.74, 6) is -1.56. The Labute approximate surface area is 148 Å². The molecule has 1 aliphatic rings. The Morgan fingerprint density at radius 3 is 2.60 bits per heavy atom. The van der Waals surface area contributed by atoms with Crippen LogP contribution in [0.15, 0.2) is 60.3 Å². The lowest BCUT2D eigenvalue weighted by Gasteiger charge is -2.37. The van der Waals surface area contributed by atoms with Crippen LogP contribution in [0.3, 0.4) is 0 Å². The smallest absolute Gasteiger partial charge is 0.250 e. The number of carbonyl (C=O) groups excluding carboxylic acids is 1. The molecule has 0 saturated heterocycles. The van der Waals surface area contributed by atoms with Crippen LogP contribution >= 0.6 is 11.3 Å². The van der Waals surface area contributed by atoms with Gasteiger partial charge in [0.05, 0.1) is 12.1 Å². The van der Waals surface area contributed by atoms with E-state index >= 15 is 0 Å². The summed E-state index contributed by atoms with van der Waals surface area (Å²) in [5, 5.41) is 0.646. The monoisotopic (exact) mass is 360 g/mol. The van der Waals surface area contributed by atoms with Gasteiger partial charge in [0.15, 0.2) is 10.9 Å². The maximum atomic E-state index is 12.9. The first kappa shape index (κ1) is 17.2. The summed E-state index contributed by atoms with van der Waals surface area (Å²) >= 11 is 1.40. The number of primary amides is 1. The van der Waals surface area contributed by atoms with Gasteiger partial charge in [-0.15, -0.1) is 11.3 Å². The summed E-state index contributed by atoms with van der Waals surface area (Å²) in [6.45, 7) is 0.381. The summed E-state index contributed by atoms with van der Waals surface area (Å²) in [5.41, 5.74) is 17.7. The predicted octanol–water partition coefficient (Wildman–Crippen LogP) is 1.99. The largest absolute Gasteiger partial charge is 0.447 e. The molecule has 0 bridgehead atoms. The number of amides is 1. The summed E-state index contributed by atoms with van der Waals surface area (Å²) in [6.07, 6.45) is 4.58. The van der Waals surface area contributed by atoms with E-state index in [2.05, 4.69) is 0 Å². The Kier molecular flexibility index (Phi) is 4.58. The fourth-order valence-electron chi connectivity index (χ4n) is 2.25. The number of nitrogens with two attached hydrogens (primary N) is 3. The lowest BCUT2D eigenvalue weighted by atomic mass is 10.1. The normalized spacial score (nSPS) is 15.8. The minimum atomic E-state index is -1.22. The number of hydrogen-bond donors (Lipinski definition) is 3. The first-order chi connectivity index (χ1) is 11.8. The van der Waals surface area contributed by atoms with Gasteiger partial charge in [-0.25, -0.2) is 4.39 Å². The van der Waals surface area contributed by atoms with E-state index in [1.165, 1.54) is 35.6 Å². The molecule has 0 aliphatic carbocycles. The van der Waals surface area contributed by atoms with Crippen molar-refractivity contribution in [2.75, 3.05) is 0 Å². The Hall–Kier alpha value is -2.68. The highest BCUT2D eigenvalue weighted by molar-refractivity contribution is 7.13. The van der Waals surface area contributed by atoms with Gasteiger partial charge in [0.2, 0.25) is 5.91 Å². The van der Waals surface area contributed by atoms with Gasteiger partial charge in [-0.3, -0.25) is 16.3 Å². The van der Waals surface area contributed by atoms with E-state index < -0.39 is 11.7 Å². The van der Waals surface area contributed by atoms with Crippen LogP contribution < -0.4 is 21.9 Å². The van der Waals surface area contributed by atoms with Crippen molar-refractivity contribution in [1.29, 1.82) is 0 Å². The summed E-state index contributed by atoms with van der Waals surface area (Å²) in [7, 11) is 0. The highest BCUT2D eigenvalue weighted by Gasteiger charge is 2.27. The molecule has 6 nitrogen and oxygen atoms in total. The number of benzene rings is 1. The van der Waals surface area contributed by atoms with Crippen LogP contribution in [0, 0.1) is 5.82 Å². The quantitative estimate of drug-likeness (QED) is 0.707. The third-order valence-corrected chi connectivity index (χ3v) is 4.55. The van der Waals surface area contributed by atoms with Crippen molar-refractivity contribution < 1.29 is 13.9 Å². The number of carbonyl (C=O) groups is 1. The van der Waals surface area contributed by atoms with Gasteiger partial charge >= 0.3 is 0 Å². The zero-order valence-corrected chi connectivity index (χ0v) is 14.0. The van der Waals surface area contributed by atoms with Gasteiger partial charge in [-0.1, -0.05) is 0 Å². The Morgan fingerprint density at radius 2 is 1.92 bits per heavy atom. The molecule has 1 aromatic heterocycles. The Balaban J connectivity index is 1.73. The van der Waals surface area contributed by atoms with Crippen molar-refractivity contribution in [3.8, 4) is 10.8 Å². The highest BCUT2D eigenvalue weighted by atomic mass is 32.1. The maximum Gasteiger partial charge on any atom is 0.250 e. The average Bonchev–Trinajstić information content (AvgIpc) is 2.98. The zero-order valence-electron chi connectivity index (χ0n) is 13.2. The zero-order chi connectivity index (χ0) is 18.0. The molecule has 25 heavy (non-hydrogen) atoms. The SMILES string of the molecule is NC(=O)C1=CN(Cc2ccc(Oc3ccc(F)cc3)s2)C(N)(N)C=C1. The van der Waals surface area contributed by atoms with Gasteiger partial charge in [0, 0.05) is 11.1 Å². The molecular formula is C17H17FN4O2S. The van der Waals surface area contributed by atoms with Gasteiger partial charge in [-0.05, 0) is 48.6 Å². The Morgan fingerprint density at radius 1 is 1.20 bits per heavy atom. The van der Waals surface area contributed by atoms with Crippen molar-refractivity contribution in [2.45, 2.75) is 12.3 Å². The van der Waals surface area contributed by atoms with E-state index in [-0.39, 0.29) is 5.82 Å². The molecule has 1 amide bonds. The molecule has 6 N–H and O–H groups in total. The van der Waals surface area contributed by atoms with E-state index in [1.807, 2.05) is 6.07 Å². The number of hydrogen-bond acceptors (Lipinski definition) is 6. The van der Waals surface area contributed by atoms with E-state index in [1.54, 1.807) is 29.3 Å². The molecule has 0 spiro atoms. The Bertz CT molecular complexity index is 843. The van der Waals surface area contributed by atoms with Crippen LogP contribution in [0.5, 0.6) is 10.8 Å². The molecule has 1 aromatic carbocycles. The minimum Gasteiger partial charge on any atom is -0.447 e. The van der Waals surface area contributed by atoms with Gasteiger partial charge in [0.1, 0.15) is 11.6 Å². The van der Waals surface area contributed by atoms with Crippen LogP contribution in [0.1, 0.15) is 4.88 Å². The summed E-state index contributed by atoms with van der Waals surface area (Å²) < 4.78 is 18.6. The number of rotatable bonds is 5. The minimum absolute atomic E-state index is 0.323. The fraction of sp³-hybridized carbons (Fsp3) is 0.118. The standard InChI is InChI=1S/C17H17FN4O2S/c18-12-1-3-13(4-2-12)24-15-6-5-14(25-15)10-22-9-11(16(19)23)7-8-17(22,20)21/h1-9H,10,20-21H2,(H2,19,23). The summed E-state index contributed by atoms with van der Waals surface area (Å²) in [6, 6.07) is 9.44. The van der Waals surface area contributed by atoms with Gasteiger partial charge < -0.3 is 15.4 Å². The molecule has 0 atom stereocenters. The van der Waals surface area contributed by atoms with Crippen LogP contribution in [0.2, 0.25) is 0 Å². The van der Waals surface area contributed by atoms with E-state index in [4.69, 9.17) is 21.9 Å². The molecule has 1 aliphatic heterocycles. The topological polar surface area (TPSA) is 108 Å². The fourth-order valence-corrected chi connectivity index (χ4v) is 3.13. The van der Waals surface area contributed by atoms with Crippen molar-refractivity contribution in [3.63, 3.8) is 0 Å². The molecule has 130 valence electrons. The molecule has 0 fully saturated rings. The van der Waals surface area contributed by atoms with Crippen molar-refractivity contribution in [2.24, 2.45) is 17.2 Å².